The van der Waals surface area contributed by atoms with Crippen molar-refractivity contribution in [2.45, 2.75) is 30.1 Å². The van der Waals surface area contributed by atoms with Gasteiger partial charge in [-0.2, -0.15) is 0 Å². The summed E-state index contributed by atoms with van der Waals surface area (Å²) in [7, 11) is 0. The largest absolute Gasteiger partial charge is 0.347 e. The van der Waals surface area contributed by atoms with E-state index in [4.69, 9.17) is 0 Å². The molecule has 2 unspecified atom stereocenters. The highest BCUT2D eigenvalue weighted by Gasteiger charge is 2.26. The molecule has 0 saturated heterocycles. The zero-order chi connectivity index (χ0) is 13.2. The number of amides is 1. The second-order valence-electron chi connectivity index (χ2n) is 4.92. The molecule has 3 rings (SSSR count). The lowest BCUT2D eigenvalue weighted by Gasteiger charge is -2.15. The van der Waals surface area contributed by atoms with E-state index in [1.54, 1.807) is 6.07 Å². The molecular weight excluding hydrogens is 304 g/mol. The fourth-order valence-corrected chi connectivity index (χ4v) is 3.23. The van der Waals surface area contributed by atoms with Crippen LogP contribution in [0.15, 0.2) is 36.4 Å². The van der Waals surface area contributed by atoms with E-state index in [0.29, 0.717) is 10.5 Å². The molecule has 0 radical (unpaired) electrons. The van der Waals surface area contributed by atoms with Crippen LogP contribution in [-0.2, 0) is 0 Å². The highest BCUT2D eigenvalue weighted by Crippen LogP contribution is 2.25. The molecule has 2 aromatic rings. The van der Waals surface area contributed by atoms with Crippen LogP contribution in [0.3, 0.4) is 0 Å². The molecule has 1 fully saturated rings. The molecule has 1 N–H and O–H groups in total. The number of rotatable bonds is 2. The van der Waals surface area contributed by atoms with Crippen molar-refractivity contribution in [2.75, 3.05) is 0 Å². The van der Waals surface area contributed by atoms with Gasteiger partial charge in [-0.1, -0.05) is 46.6 Å². The van der Waals surface area contributed by atoms with E-state index < -0.39 is 0 Å². The molecule has 19 heavy (non-hydrogen) atoms. The molecule has 1 aliphatic carbocycles. The molecule has 3 nitrogen and oxygen atoms in total. The maximum Gasteiger partial charge on any atom is 0.270 e. The third-order valence-electron chi connectivity index (χ3n) is 3.58. The van der Waals surface area contributed by atoms with Crippen LogP contribution in [0, 0.1) is 0 Å². The lowest BCUT2D eigenvalue weighted by molar-refractivity contribution is 0.0934. The summed E-state index contributed by atoms with van der Waals surface area (Å²) in [5, 5.41) is 4.12. The molecule has 1 amide bonds. The molecule has 0 spiro atoms. The molecule has 4 heteroatoms. The Kier molecular flexibility index (Phi) is 3.51. The minimum atomic E-state index is -0.0814. The maximum atomic E-state index is 12.2. The van der Waals surface area contributed by atoms with Gasteiger partial charge in [0.05, 0.1) is 5.52 Å². The highest BCUT2D eigenvalue weighted by atomic mass is 79.9. The summed E-state index contributed by atoms with van der Waals surface area (Å²) < 4.78 is 0. The number of alkyl halides is 1. The Morgan fingerprint density at radius 1 is 1.21 bits per heavy atom. The van der Waals surface area contributed by atoms with Crippen molar-refractivity contribution in [3.63, 3.8) is 0 Å². The molecule has 0 bridgehead atoms. The van der Waals surface area contributed by atoms with Crippen LogP contribution < -0.4 is 5.32 Å². The number of carbonyl (C=O) groups is 1. The van der Waals surface area contributed by atoms with Gasteiger partial charge in [0.25, 0.3) is 5.91 Å². The van der Waals surface area contributed by atoms with E-state index >= 15 is 0 Å². The van der Waals surface area contributed by atoms with Crippen molar-refractivity contribution in [3.8, 4) is 0 Å². The zero-order valence-corrected chi connectivity index (χ0v) is 12.1. The van der Waals surface area contributed by atoms with Gasteiger partial charge in [0.15, 0.2) is 0 Å². The Hall–Kier alpha value is -1.42. The number of hydrogen-bond donors (Lipinski definition) is 1. The minimum Gasteiger partial charge on any atom is -0.347 e. The summed E-state index contributed by atoms with van der Waals surface area (Å²) in [6.45, 7) is 0. The van der Waals surface area contributed by atoms with Crippen LogP contribution in [0.5, 0.6) is 0 Å². The fourth-order valence-electron chi connectivity index (χ4n) is 2.51. The Bertz CT molecular complexity index is 614. The second-order valence-corrected chi connectivity index (χ2v) is 6.09. The summed E-state index contributed by atoms with van der Waals surface area (Å²) in [5.74, 6) is -0.0814. The summed E-state index contributed by atoms with van der Waals surface area (Å²) in [6, 6.07) is 11.8. The molecule has 1 aliphatic rings. The number of fused-ring (bicyclic) bond motifs is 1. The van der Waals surface area contributed by atoms with Gasteiger partial charge in [0, 0.05) is 16.3 Å². The first-order chi connectivity index (χ1) is 9.24. The summed E-state index contributed by atoms with van der Waals surface area (Å²) >= 11 is 3.61. The van der Waals surface area contributed by atoms with E-state index in [-0.39, 0.29) is 11.9 Å². The van der Waals surface area contributed by atoms with Crippen molar-refractivity contribution in [3.05, 3.63) is 42.1 Å². The van der Waals surface area contributed by atoms with Crippen molar-refractivity contribution >= 4 is 32.7 Å². The first kappa shape index (κ1) is 12.6. The molecular formula is C15H15BrN2O. The highest BCUT2D eigenvalue weighted by molar-refractivity contribution is 9.09. The normalized spacial score (nSPS) is 22.6. The average Bonchev–Trinajstić information content (AvgIpc) is 2.84. The van der Waals surface area contributed by atoms with E-state index in [2.05, 4.69) is 26.2 Å². The second kappa shape index (κ2) is 5.29. The van der Waals surface area contributed by atoms with Crippen LogP contribution >= 0.6 is 15.9 Å². The topological polar surface area (TPSA) is 42.0 Å². The molecule has 1 aromatic heterocycles. The first-order valence-electron chi connectivity index (χ1n) is 6.55. The third kappa shape index (κ3) is 2.63. The van der Waals surface area contributed by atoms with Gasteiger partial charge in [-0.05, 0) is 25.0 Å². The lowest BCUT2D eigenvalue weighted by Crippen LogP contribution is -2.38. The van der Waals surface area contributed by atoms with Gasteiger partial charge >= 0.3 is 0 Å². The third-order valence-corrected chi connectivity index (χ3v) is 4.68. The molecule has 1 aromatic carbocycles. The number of nitrogens with one attached hydrogen (secondary N) is 1. The summed E-state index contributed by atoms with van der Waals surface area (Å²) in [5.41, 5.74) is 1.35. The van der Waals surface area contributed by atoms with E-state index in [1.165, 1.54) is 0 Å². The van der Waals surface area contributed by atoms with Gasteiger partial charge in [0.2, 0.25) is 0 Å². The van der Waals surface area contributed by atoms with Gasteiger partial charge in [-0.25, -0.2) is 4.98 Å². The summed E-state index contributed by atoms with van der Waals surface area (Å²) in [4.78, 5) is 17.0. The standard InChI is InChI=1S/C15H15BrN2O/c16-11-5-3-7-13(11)18-15(19)14-9-8-10-4-1-2-6-12(10)17-14/h1-2,4,6,8-9,11,13H,3,5,7H2,(H,18,19). The molecule has 0 aliphatic heterocycles. The number of carbonyl (C=O) groups excluding carboxylic acids is 1. The Morgan fingerprint density at radius 3 is 2.84 bits per heavy atom. The quantitative estimate of drug-likeness (QED) is 0.863. The molecule has 1 saturated carbocycles. The van der Waals surface area contributed by atoms with Crippen LogP contribution in [0.25, 0.3) is 10.9 Å². The first-order valence-corrected chi connectivity index (χ1v) is 7.46. The van der Waals surface area contributed by atoms with Crippen LogP contribution in [0.1, 0.15) is 29.8 Å². The molecule has 1 heterocycles. The molecule has 98 valence electrons. The average molecular weight is 319 g/mol. The van der Waals surface area contributed by atoms with E-state index in [0.717, 1.165) is 30.2 Å². The number of nitrogens with zero attached hydrogens (tertiary/aromatic N) is 1. The predicted octanol–water partition coefficient (Wildman–Crippen LogP) is 3.28. The zero-order valence-electron chi connectivity index (χ0n) is 10.5. The van der Waals surface area contributed by atoms with Gasteiger partial charge in [-0.3, -0.25) is 4.79 Å². The minimum absolute atomic E-state index is 0.0814. The van der Waals surface area contributed by atoms with Crippen molar-refractivity contribution < 1.29 is 4.79 Å². The smallest absolute Gasteiger partial charge is 0.270 e. The van der Waals surface area contributed by atoms with Gasteiger partial charge < -0.3 is 5.32 Å². The van der Waals surface area contributed by atoms with E-state index in [9.17, 15) is 4.79 Å². The van der Waals surface area contributed by atoms with Crippen LogP contribution in [0.2, 0.25) is 0 Å². The Labute approximate surface area is 120 Å². The van der Waals surface area contributed by atoms with Gasteiger partial charge in [-0.15, -0.1) is 0 Å². The number of benzene rings is 1. The number of halogens is 1. The fraction of sp³-hybridized carbons (Fsp3) is 0.333. The van der Waals surface area contributed by atoms with Crippen molar-refractivity contribution in [2.24, 2.45) is 0 Å². The Morgan fingerprint density at radius 2 is 2.05 bits per heavy atom. The van der Waals surface area contributed by atoms with E-state index in [1.807, 2.05) is 30.3 Å². The van der Waals surface area contributed by atoms with Crippen molar-refractivity contribution in [1.29, 1.82) is 0 Å². The monoisotopic (exact) mass is 318 g/mol. The lowest BCUT2D eigenvalue weighted by atomic mass is 10.2. The summed E-state index contributed by atoms with van der Waals surface area (Å²) in [6.07, 6.45) is 3.32. The molecule has 2 atom stereocenters. The van der Waals surface area contributed by atoms with Crippen LogP contribution in [-0.4, -0.2) is 21.8 Å². The van der Waals surface area contributed by atoms with Crippen molar-refractivity contribution in [1.82, 2.24) is 10.3 Å². The number of para-hydroxylation sites is 1. The van der Waals surface area contributed by atoms with Crippen LogP contribution in [0.4, 0.5) is 0 Å². The Balaban J connectivity index is 1.81. The van der Waals surface area contributed by atoms with Gasteiger partial charge in [0.1, 0.15) is 5.69 Å². The number of aromatic nitrogens is 1. The number of hydrogen-bond acceptors (Lipinski definition) is 2. The maximum absolute atomic E-state index is 12.2. The SMILES string of the molecule is O=C(NC1CCCC1Br)c1ccc2ccccc2n1. The number of pyridine rings is 1. The predicted molar refractivity (Wildman–Crippen MR) is 79.6 cm³/mol.